The molecule has 1 aliphatic rings. The van der Waals surface area contributed by atoms with Crippen molar-refractivity contribution in [3.8, 4) is 33.6 Å². The van der Waals surface area contributed by atoms with Gasteiger partial charge in [0.25, 0.3) is 0 Å². The van der Waals surface area contributed by atoms with Gasteiger partial charge in [-0.2, -0.15) is 5.10 Å². The Morgan fingerprint density at radius 2 is 1.63 bits per heavy atom. The lowest BCUT2D eigenvalue weighted by atomic mass is 9.71. The van der Waals surface area contributed by atoms with Crippen molar-refractivity contribution < 1.29 is 14.6 Å². The molecule has 6 rings (SSSR count). The highest BCUT2D eigenvalue weighted by atomic mass is 16.6. The van der Waals surface area contributed by atoms with Crippen LogP contribution in [0.3, 0.4) is 0 Å². The average Bonchev–Trinajstić information content (AvgIpc) is 3.37. The number of nitrogens with zero attached hydrogens (tertiary/aromatic N) is 3. The van der Waals surface area contributed by atoms with Crippen LogP contribution in [0.2, 0.25) is 0 Å². The highest BCUT2D eigenvalue weighted by Gasteiger charge is 2.41. The standard InChI is InChI=1S/C34H34N4O3/c1-33(2,3)41-32(40)36-34(18-7-19-34)27-16-14-26(15-17-27)31-28(24-8-5-4-6-9-24)20-30-35-21-29(38(30)37-31)25-12-10-23(22-39)11-13-25/h4-6,8-17,20-21,39H,7,18-19,22H2,1-3H3,(H,36,40). The number of imidazole rings is 1. The summed E-state index contributed by atoms with van der Waals surface area (Å²) in [4.78, 5) is 17.3. The molecule has 5 aromatic rings. The molecule has 7 nitrogen and oxygen atoms in total. The third kappa shape index (κ3) is 5.33. The second kappa shape index (κ2) is 10.5. The summed E-state index contributed by atoms with van der Waals surface area (Å²) < 4.78 is 7.44. The third-order valence-electron chi connectivity index (χ3n) is 7.67. The molecule has 2 N–H and O–H groups in total. The number of alkyl carbamates (subject to hydrolysis) is 1. The lowest BCUT2D eigenvalue weighted by molar-refractivity contribution is 0.0377. The topological polar surface area (TPSA) is 88.8 Å². The molecule has 0 radical (unpaired) electrons. The second-order valence-corrected chi connectivity index (χ2v) is 11.7. The smallest absolute Gasteiger partial charge is 0.408 e. The van der Waals surface area contributed by atoms with Gasteiger partial charge in [-0.05, 0) is 62.8 Å². The monoisotopic (exact) mass is 546 g/mol. The Balaban J connectivity index is 1.41. The average molecular weight is 547 g/mol. The van der Waals surface area contributed by atoms with Crippen LogP contribution in [0.5, 0.6) is 0 Å². The van der Waals surface area contributed by atoms with E-state index in [1.54, 1.807) is 0 Å². The van der Waals surface area contributed by atoms with Gasteiger partial charge >= 0.3 is 6.09 Å². The Kier molecular flexibility index (Phi) is 6.83. The fraction of sp³-hybridized carbons (Fsp3) is 0.265. The first kappa shape index (κ1) is 26.7. The number of aliphatic hydroxyl groups excluding tert-OH is 1. The minimum Gasteiger partial charge on any atom is -0.444 e. The second-order valence-electron chi connectivity index (χ2n) is 11.7. The number of rotatable bonds is 6. The van der Waals surface area contributed by atoms with Crippen molar-refractivity contribution in [3.63, 3.8) is 0 Å². The molecule has 0 saturated heterocycles. The van der Waals surface area contributed by atoms with Crippen LogP contribution in [0.1, 0.15) is 51.2 Å². The van der Waals surface area contributed by atoms with Gasteiger partial charge in [-0.1, -0.05) is 78.9 Å². The molecule has 2 heterocycles. The van der Waals surface area contributed by atoms with Gasteiger partial charge < -0.3 is 15.2 Å². The van der Waals surface area contributed by atoms with Crippen molar-refractivity contribution in [3.05, 3.63) is 102 Å². The number of nitrogens with one attached hydrogen (secondary N) is 1. The number of benzene rings is 3. The van der Waals surface area contributed by atoms with Crippen LogP contribution in [0.15, 0.2) is 91.1 Å². The molecule has 2 aromatic heterocycles. The Hall–Kier alpha value is -4.49. The first-order valence-electron chi connectivity index (χ1n) is 14.0. The summed E-state index contributed by atoms with van der Waals surface area (Å²) in [6.45, 7) is 5.62. The number of carbonyl (C=O) groups excluding carboxylic acids is 1. The van der Waals surface area contributed by atoms with E-state index in [1.807, 2.05) is 73.9 Å². The van der Waals surface area contributed by atoms with Crippen LogP contribution < -0.4 is 5.32 Å². The number of hydrogen-bond acceptors (Lipinski definition) is 5. The van der Waals surface area contributed by atoms with Crippen molar-refractivity contribution in [1.29, 1.82) is 0 Å². The van der Waals surface area contributed by atoms with Crippen molar-refractivity contribution >= 4 is 11.7 Å². The van der Waals surface area contributed by atoms with Crippen LogP contribution >= 0.6 is 0 Å². The van der Waals surface area contributed by atoms with Gasteiger partial charge in [0.05, 0.1) is 29.7 Å². The zero-order valence-corrected chi connectivity index (χ0v) is 23.6. The summed E-state index contributed by atoms with van der Waals surface area (Å²) in [6.07, 6.45) is 4.24. The van der Waals surface area contributed by atoms with E-state index in [0.717, 1.165) is 69.7 Å². The molecule has 1 saturated carbocycles. The van der Waals surface area contributed by atoms with Gasteiger partial charge in [0.2, 0.25) is 0 Å². The fourth-order valence-electron chi connectivity index (χ4n) is 5.41. The van der Waals surface area contributed by atoms with Gasteiger partial charge in [0.1, 0.15) is 5.60 Å². The summed E-state index contributed by atoms with van der Waals surface area (Å²) in [6, 6.07) is 28.4. The summed E-state index contributed by atoms with van der Waals surface area (Å²) in [5.74, 6) is 0. The maximum Gasteiger partial charge on any atom is 0.408 e. The fourth-order valence-corrected chi connectivity index (χ4v) is 5.41. The maximum absolute atomic E-state index is 12.6. The van der Waals surface area contributed by atoms with Crippen LogP contribution in [0, 0.1) is 0 Å². The predicted octanol–water partition coefficient (Wildman–Crippen LogP) is 7.13. The molecule has 0 atom stereocenters. The molecule has 0 bridgehead atoms. The predicted molar refractivity (Wildman–Crippen MR) is 160 cm³/mol. The molecule has 1 amide bonds. The molecular formula is C34H34N4O3. The number of aliphatic hydroxyl groups is 1. The van der Waals surface area contributed by atoms with Crippen molar-refractivity contribution in [1.82, 2.24) is 19.9 Å². The van der Waals surface area contributed by atoms with Crippen molar-refractivity contribution in [2.75, 3.05) is 0 Å². The molecule has 3 aromatic carbocycles. The Labute approximate surface area is 239 Å². The van der Waals surface area contributed by atoms with Crippen molar-refractivity contribution in [2.45, 2.75) is 57.8 Å². The Morgan fingerprint density at radius 1 is 0.951 bits per heavy atom. The summed E-state index contributed by atoms with van der Waals surface area (Å²) in [7, 11) is 0. The van der Waals surface area contributed by atoms with E-state index in [1.165, 1.54) is 0 Å². The summed E-state index contributed by atoms with van der Waals surface area (Å²) in [5.41, 5.74) is 7.39. The summed E-state index contributed by atoms with van der Waals surface area (Å²) >= 11 is 0. The number of ether oxygens (including phenoxy) is 1. The highest BCUT2D eigenvalue weighted by Crippen LogP contribution is 2.42. The SMILES string of the molecule is CC(C)(C)OC(=O)NC1(c2ccc(-c3nn4c(-c5ccc(CO)cc5)cnc4cc3-c3ccccc3)cc2)CCC1. The Morgan fingerprint density at radius 3 is 2.24 bits per heavy atom. The van der Waals surface area contributed by atoms with E-state index in [-0.39, 0.29) is 12.7 Å². The van der Waals surface area contributed by atoms with Crippen molar-refractivity contribution in [2.24, 2.45) is 0 Å². The van der Waals surface area contributed by atoms with Gasteiger partial charge in [-0.3, -0.25) is 0 Å². The van der Waals surface area contributed by atoms with Gasteiger partial charge in [0.15, 0.2) is 5.65 Å². The third-order valence-corrected chi connectivity index (χ3v) is 7.67. The Bertz CT molecular complexity index is 1680. The molecule has 0 unspecified atom stereocenters. The summed E-state index contributed by atoms with van der Waals surface area (Å²) in [5, 5.41) is 17.7. The quantitative estimate of drug-likeness (QED) is 0.237. The van der Waals surface area contributed by atoms with E-state index < -0.39 is 11.1 Å². The van der Waals surface area contributed by atoms with Gasteiger partial charge in [0, 0.05) is 16.7 Å². The maximum atomic E-state index is 12.6. The lowest BCUT2D eigenvalue weighted by Gasteiger charge is -2.43. The van der Waals surface area contributed by atoms with Crippen LogP contribution in [0.4, 0.5) is 4.79 Å². The molecule has 1 fully saturated rings. The van der Waals surface area contributed by atoms with E-state index in [9.17, 15) is 9.90 Å². The largest absolute Gasteiger partial charge is 0.444 e. The van der Waals surface area contributed by atoms with Gasteiger partial charge in [-0.15, -0.1) is 0 Å². The number of hydrogen-bond donors (Lipinski definition) is 2. The van der Waals surface area contributed by atoms with E-state index >= 15 is 0 Å². The van der Waals surface area contributed by atoms with Gasteiger partial charge in [-0.25, -0.2) is 14.3 Å². The number of amides is 1. The normalized spacial score (nSPS) is 14.4. The molecule has 0 spiro atoms. The van der Waals surface area contributed by atoms with E-state index in [4.69, 9.17) is 9.84 Å². The first-order valence-corrected chi connectivity index (χ1v) is 14.0. The molecule has 208 valence electrons. The van der Waals surface area contributed by atoms with Crippen LogP contribution in [-0.2, 0) is 16.9 Å². The zero-order chi connectivity index (χ0) is 28.6. The minimum absolute atomic E-state index is 0.000835. The molecule has 7 heteroatoms. The number of carbonyl (C=O) groups is 1. The van der Waals surface area contributed by atoms with Crippen LogP contribution in [0.25, 0.3) is 39.3 Å². The molecule has 1 aliphatic carbocycles. The van der Waals surface area contributed by atoms with E-state index in [2.05, 4.69) is 52.8 Å². The first-order chi connectivity index (χ1) is 19.7. The van der Waals surface area contributed by atoms with Crippen LogP contribution in [-0.4, -0.2) is 31.4 Å². The number of fused-ring (bicyclic) bond motifs is 1. The highest BCUT2D eigenvalue weighted by molar-refractivity contribution is 5.83. The number of aromatic nitrogens is 3. The van der Waals surface area contributed by atoms with E-state index in [0.29, 0.717) is 0 Å². The molecular weight excluding hydrogens is 512 g/mol. The minimum atomic E-state index is -0.552. The molecule has 41 heavy (non-hydrogen) atoms. The lowest BCUT2D eigenvalue weighted by Crippen LogP contribution is -2.52. The zero-order valence-electron chi connectivity index (χ0n) is 23.6. The molecule has 0 aliphatic heterocycles.